The second kappa shape index (κ2) is 11.0. The lowest BCUT2D eigenvalue weighted by molar-refractivity contribution is 0.102. The van der Waals surface area contributed by atoms with E-state index in [4.69, 9.17) is 12.2 Å². The third-order valence-electron chi connectivity index (χ3n) is 8.34. The van der Waals surface area contributed by atoms with E-state index < -0.39 is 0 Å². The van der Waals surface area contributed by atoms with Crippen molar-refractivity contribution in [2.45, 2.75) is 25.4 Å². The Hall–Kier alpha value is -4.94. The molecular weight excluding hydrogens is 549 g/mol. The molecule has 212 valence electrons. The molecule has 7 rings (SSSR count). The van der Waals surface area contributed by atoms with Gasteiger partial charge in [0, 0.05) is 52.2 Å². The molecule has 0 saturated heterocycles. The first kappa shape index (κ1) is 26.9. The largest absolute Gasteiger partial charge is 0.369 e. The molecule has 43 heavy (non-hydrogen) atoms. The lowest BCUT2D eigenvalue weighted by atomic mass is 9.95. The van der Waals surface area contributed by atoms with Crippen LogP contribution in [0.25, 0.3) is 22.3 Å². The van der Waals surface area contributed by atoms with Crippen LogP contribution in [0.2, 0.25) is 0 Å². The van der Waals surface area contributed by atoms with Crippen molar-refractivity contribution in [3.63, 3.8) is 0 Å². The minimum absolute atomic E-state index is 0.146. The maximum atomic E-state index is 13.3. The van der Waals surface area contributed by atoms with Gasteiger partial charge in [0.25, 0.3) is 5.91 Å². The normalized spacial score (nSPS) is 16.2. The van der Waals surface area contributed by atoms with Crippen molar-refractivity contribution >= 4 is 51.6 Å². The van der Waals surface area contributed by atoms with E-state index in [1.165, 1.54) is 33.6 Å². The number of carbonyl (C=O) groups excluding carboxylic acids is 1. The monoisotopic (exact) mass is 580 g/mol. The lowest BCUT2D eigenvalue weighted by Crippen LogP contribution is -2.31. The summed E-state index contributed by atoms with van der Waals surface area (Å²) in [6.07, 6.45) is 1.02. The topological polar surface area (TPSA) is 47.6 Å². The molecule has 1 fully saturated rings. The first-order chi connectivity index (χ1) is 21.0. The summed E-state index contributed by atoms with van der Waals surface area (Å²) < 4.78 is 0. The number of hydrogen-bond donors (Lipinski definition) is 2. The smallest absolute Gasteiger partial charge is 0.255 e. The fourth-order valence-electron chi connectivity index (χ4n) is 6.26. The van der Waals surface area contributed by atoms with Crippen LogP contribution in [0.4, 0.5) is 28.4 Å². The standard InChI is InChI=1S/C37H32N4OS/c1-24(43)38-26-12-10-13-27(22-26)39-37(42)25-11-9-14-28(21-25)40(2)35-23-36(35)41-33-19-7-5-17-31(33)29-15-3-4-16-30(29)32-18-6-8-20-34(32)41/h3-22,35-36H,23H2,1-2H3,(H,38,43)(H,39,42). The highest BCUT2D eigenvalue weighted by molar-refractivity contribution is 7.80. The first-order valence-electron chi connectivity index (χ1n) is 14.6. The van der Waals surface area contributed by atoms with E-state index >= 15 is 0 Å². The van der Waals surface area contributed by atoms with E-state index in [0.717, 1.165) is 17.8 Å². The molecule has 2 unspecified atom stereocenters. The van der Waals surface area contributed by atoms with Gasteiger partial charge < -0.3 is 20.4 Å². The van der Waals surface area contributed by atoms with E-state index in [1.807, 2.05) is 49.4 Å². The molecule has 2 atom stereocenters. The van der Waals surface area contributed by atoms with Crippen molar-refractivity contribution in [1.29, 1.82) is 0 Å². The van der Waals surface area contributed by atoms with Gasteiger partial charge in [0.2, 0.25) is 0 Å². The number of nitrogens with zero attached hydrogens (tertiary/aromatic N) is 2. The Balaban J connectivity index is 1.16. The number of carbonyl (C=O) groups is 1. The Morgan fingerprint density at radius 1 is 0.721 bits per heavy atom. The van der Waals surface area contributed by atoms with Gasteiger partial charge in [-0.1, -0.05) is 85.0 Å². The Labute approximate surface area is 257 Å². The molecule has 2 aliphatic rings. The molecular formula is C37H32N4OS. The maximum Gasteiger partial charge on any atom is 0.255 e. The molecule has 0 radical (unpaired) electrons. The Morgan fingerprint density at radius 2 is 1.28 bits per heavy atom. The van der Waals surface area contributed by atoms with Gasteiger partial charge in [-0.3, -0.25) is 4.79 Å². The van der Waals surface area contributed by atoms with Crippen LogP contribution in [0.5, 0.6) is 0 Å². The number of amides is 1. The number of para-hydroxylation sites is 2. The third-order valence-corrected chi connectivity index (χ3v) is 8.45. The van der Waals surface area contributed by atoms with Gasteiger partial charge in [-0.25, -0.2) is 0 Å². The van der Waals surface area contributed by atoms with Gasteiger partial charge >= 0.3 is 0 Å². The molecule has 1 saturated carbocycles. The molecule has 6 heteroatoms. The van der Waals surface area contributed by atoms with Gasteiger partial charge in [0.15, 0.2) is 0 Å². The minimum atomic E-state index is -0.146. The highest BCUT2D eigenvalue weighted by Crippen LogP contribution is 2.52. The predicted octanol–water partition coefficient (Wildman–Crippen LogP) is 8.76. The van der Waals surface area contributed by atoms with Gasteiger partial charge in [-0.2, -0.15) is 0 Å². The van der Waals surface area contributed by atoms with Crippen molar-refractivity contribution < 1.29 is 4.79 Å². The minimum Gasteiger partial charge on any atom is -0.369 e. The van der Waals surface area contributed by atoms with Crippen LogP contribution in [0, 0.1) is 0 Å². The molecule has 0 spiro atoms. The molecule has 2 N–H and O–H groups in total. The average Bonchev–Trinajstić information content (AvgIpc) is 3.83. The Morgan fingerprint density at radius 3 is 1.91 bits per heavy atom. The van der Waals surface area contributed by atoms with Crippen LogP contribution in [0.15, 0.2) is 121 Å². The highest BCUT2D eigenvalue weighted by Gasteiger charge is 2.47. The number of fused-ring (bicyclic) bond motifs is 5. The summed E-state index contributed by atoms with van der Waals surface area (Å²) in [4.78, 5) is 18.8. The van der Waals surface area contributed by atoms with E-state index in [9.17, 15) is 4.79 Å². The number of anilines is 5. The van der Waals surface area contributed by atoms with Crippen molar-refractivity contribution in [3.05, 3.63) is 127 Å². The first-order valence-corrected chi connectivity index (χ1v) is 15.0. The zero-order valence-electron chi connectivity index (χ0n) is 24.1. The number of benzene rings is 5. The summed E-state index contributed by atoms with van der Waals surface area (Å²) in [7, 11) is 2.13. The fraction of sp³-hybridized carbons (Fsp3) is 0.135. The summed E-state index contributed by atoms with van der Waals surface area (Å²) in [5.74, 6) is -0.146. The van der Waals surface area contributed by atoms with Crippen LogP contribution in [0.1, 0.15) is 23.7 Å². The fourth-order valence-corrected chi connectivity index (χ4v) is 6.38. The molecule has 5 aromatic rings. The van der Waals surface area contributed by atoms with Gasteiger partial charge in [-0.15, -0.1) is 0 Å². The van der Waals surface area contributed by atoms with E-state index in [0.29, 0.717) is 28.3 Å². The van der Waals surface area contributed by atoms with Crippen molar-refractivity contribution in [1.82, 2.24) is 0 Å². The van der Waals surface area contributed by atoms with Crippen molar-refractivity contribution in [2.75, 3.05) is 27.5 Å². The number of hydrogen-bond acceptors (Lipinski definition) is 4. The van der Waals surface area contributed by atoms with Crippen molar-refractivity contribution in [2.24, 2.45) is 0 Å². The number of rotatable bonds is 6. The van der Waals surface area contributed by atoms with Crippen LogP contribution >= 0.6 is 12.2 Å². The molecule has 1 aliphatic heterocycles. The Bertz CT molecular complexity index is 1800. The number of nitrogens with one attached hydrogen (secondary N) is 2. The van der Waals surface area contributed by atoms with E-state index in [-0.39, 0.29) is 5.91 Å². The number of likely N-dealkylation sites (N-methyl/N-ethyl adjacent to an activating group) is 1. The molecule has 5 aromatic carbocycles. The third kappa shape index (κ3) is 5.15. The second-order valence-corrected chi connectivity index (χ2v) is 11.8. The van der Waals surface area contributed by atoms with E-state index in [1.54, 1.807) is 0 Å². The Kier molecular flexibility index (Phi) is 6.92. The maximum absolute atomic E-state index is 13.3. The average molecular weight is 581 g/mol. The summed E-state index contributed by atoms with van der Waals surface area (Å²) in [6.45, 7) is 1.83. The quantitative estimate of drug-likeness (QED) is 0.197. The van der Waals surface area contributed by atoms with Crippen molar-refractivity contribution in [3.8, 4) is 22.3 Å². The molecule has 1 amide bonds. The van der Waals surface area contributed by atoms with Crippen LogP contribution in [-0.4, -0.2) is 30.0 Å². The molecule has 1 aliphatic carbocycles. The lowest BCUT2D eigenvalue weighted by Gasteiger charge is -2.29. The predicted molar refractivity (Wildman–Crippen MR) is 183 cm³/mol. The van der Waals surface area contributed by atoms with Gasteiger partial charge in [-0.05, 0) is 73.0 Å². The molecule has 1 heterocycles. The summed E-state index contributed by atoms with van der Waals surface area (Å²) in [5, 5.41) is 6.16. The van der Waals surface area contributed by atoms with Gasteiger partial charge in [0.1, 0.15) is 0 Å². The zero-order chi connectivity index (χ0) is 29.5. The summed E-state index contributed by atoms with van der Waals surface area (Å²) >= 11 is 5.16. The zero-order valence-corrected chi connectivity index (χ0v) is 24.9. The SMILES string of the molecule is CC(=S)Nc1cccc(NC(=O)c2cccc(N(C)C3CC3N3c4ccccc4-c4ccccc4-c4ccccc43)c2)c1. The molecule has 5 nitrogen and oxygen atoms in total. The van der Waals surface area contributed by atoms with Gasteiger partial charge in [0.05, 0.1) is 17.1 Å². The van der Waals surface area contributed by atoms with Crippen LogP contribution in [-0.2, 0) is 0 Å². The highest BCUT2D eigenvalue weighted by atomic mass is 32.1. The van der Waals surface area contributed by atoms with Crippen LogP contribution < -0.4 is 20.4 Å². The number of thiocarbonyl (C=S) groups is 1. The summed E-state index contributed by atoms with van der Waals surface area (Å²) in [5.41, 5.74) is 10.7. The summed E-state index contributed by atoms with van der Waals surface area (Å²) in [6, 6.07) is 42.2. The van der Waals surface area contributed by atoms with Crippen LogP contribution in [0.3, 0.4) is 0 Å². The molecule has 0 aromatic heterocycles. The second-order valence-electron chi connectivity index (χ2n) is 11.2. The molecule has 0 bridgehead atoms. The van der Waals surface area contributed by atoms with E-state index in [2.05, 4.69) is 106 Å².